The standard InChI is InChI=1S/C52H64F3N5O7S3/c1-36-45-32-39(51(45,2)3)33-47(36)60(49(61)21-14-37-10-6-4-7-11-37)42-23-26-59(27-24-42)41-17-15-38(16-18-41)50(62)57-70(65,66)44-19-20-46(48(34-44)69(63,64)52(53,54)55)56-40(22-25-58-28-30-67-31-29-58)35-68-43-12-8-5-9-13-43/h4-13,15-20,34,36,39-40,42,45,47,56H,14,21-33,35H2,1-3H3,(H,57,62)/t36-,39+,40-,45+,47+/m1/s1. The van der Waals surface area contributed by atoms with Gasteiger partial charge >= 0.3 is 5.51 Å². The number of benzene rings is 4. The Balaban J connectivity index is 0.935. The van der Waals surface area contributed by atoms with Crippen molar-refractivity contribution in [1.29, 1.82) is 0 Å². The molecule has 0 aromatic heterocycles. The Morgan fingerprint density at radius 3 is 2.16 bits per heavy atom. The van der Waals surface area contributed by atoms with Gasteiger partial charge < -0.3 is 19.9 Å². The number of amides is 2. The summed E-state index contributed by atoms with van der Waals surface area (Å²) >= 11 is 1.45. The number of halogens is 3. The van der Waals surface area contributed by atoms with Gasteiger partial charge in [0.1, 0.15) is 4.90 Å². The van der Waals surface area contributed by atoms with Crippen LogP contribution >= 0.6 is 11.8 Å². The summed E-state index contributed by atoms with van der Waals surface area (Å²) < 4.78 is 104. The average molecular weight is 1020 g/mol. The summed E-state index contributed by atoms with van der Waals surface area (Å²) in [5.74, 6) is 1.11. The van der Waals surface area contributed by atoms with Crippen LogP contribution in [0.4, 0.5) is 24.5 Å². The van der Waals surface area contributed by atoms with E-state index < -0.39 is 52.8 Å². The summed E-state index contributed by atoms with van der Waals surface area (Å²) in [6, 6.07) is 28.0. The normalized spacial score (nSPS) is 22.4. The van der Waals surface area contributed by atoms with E-state index >= 15 is 0 Å². The molecule has 2 saturated heterocycles. The number of nitrogens with one attached hydrogen (secondary N) is 2. The van der Waals surface area contributed by atoms with Crippen molar-refractivity contribution in [3.05, 3.63) is 114 Å². The Hall–Kier alpha value is -4.62. The zero-order valence-corrected chi connectivity index (χ0v) is 42.4. The van der Waals surface area contributed by atoms with Crippen LogP contribution < -0.4 is 14.9 Å². The van der Waals surface area contributed by atoms with Crippen molar-refractivity contribution in [1.82, 2.24) is 14.5 Å². The van der Waals surface area contributed by atoms with Gasteiger partial charge in [-0.15, -0.1) is 11.8 Å². The molecule has 2 amide bonds. The number of hydrogen-bond donors (Lipinski definition) is 2. The lowest BCUT2D eigenvalue weighted by Crippen LogP contribution is -2.64. The number of hydrogen-bond acceptors (Lipinski definition) is 11. The quantitative estimate of drug-likeness (QED) is 0.0923. The number of carbonyl (C=O) groups is 2. The highest BCUT2D eigenvalue weighted by Crippen LogP contribution is 2.62. The van der Waals surface area contributed by atoms with Crippen molar-refractivity contribution in [2.75, 3.05) is 61.9 Å². The summed E-state index contributed by atoms with van der Waals surface area (Å²) in [6.45, 7) is 11.4. The third-order valence-corrected chi connectivity index (χ3v) is 19.3. The molecular weight excluding hydrogens is 960 g/mol. The summed E-state index contributed by atoms with van der Waals surface area (Å²) in [7, 11) is -10.9. The SMILES string of the molecule is C[C@H]1[C@@H](N(C(=O)CCc2ccccc2)C2CCN(c3ccc(C(=O)NS(=O)(=O)c4ccc(N[C@H](CCN5CCOCC5)CSc5ccccc5)c(S(=O)(=O)C(F)(F)F)c4)cc3)CC2)C[C@@H]2C[C@@H]1C2(C)C. The number of rotatable bonds is 18. The molecule has 0 radical (unpaired) electrons. The molecule has 5 fully saturated rings. The van der Waals surface area contributed by atoms with E-state index in [1.54, 1.807) is 12.1 Å². The van der Waals surface area contributed by atoms with E-state index in [9.17, 15) is 39.6 Å². The minimum absolute atomic E-state index is 0.0226. The lowest BCUT2D eigenvalue weighted by atomic mass is 9.44. The van der Waals surface area contributed by atoms with Crippen LogP contribution in [-0.2, 0) is 35.8 Å². The van der Waals surface area contributed by atoms with Crippen molar-refractivity contribution in [3.8, 4) is 0 Å². The molecule has 3 saturated carbocycles. The number of ether oxygens (including phenoxy) is 1. The number of nitrogens with zero attached hydrogens (tertiary/aromatic N) is 3. The first-order valence-corrected chi connectivity index (χ1v) is 28.2. The molecule has 12 nitrogen and oxygen atoms in total. The molecule has 0 unspecified atom stereocenters. The fourth-order valence-corrected chi connectivity index (χ4v) is 14.1. The van der Waals surface area contributed by atoms with E-state index in [0.29, 0.717) is 94.8 Å². The van der Waals surface area contributed by atoms with Crippen LogP contribution in [0.3, 0.4) is 0 Å². The van der Waals surface area contributed by atoms with Gasteiger partial charge in [-0.1, -0.05) is 69.3 Å². The van der Waals surface area contributed by atoms with Crippen LogP contribution in [-0.4, -0.2) is 114 Å². The van der Waals surface area contributed by atoms with E-state index in [2.05, 4.69) is 52.9 Å². The molecule has 4 aromatic carbocycles. The lowest BCUT2D eigenvalue weighted by molar-refractivity contribution is -0.164. The number of piperidine rings is 1. The molecule has 18 heteroatoms. The number of sulfonamides is 1. The number of thioether (sulfide) groups is 1. The number of carbonyl (C=O) groups excluding carboxylic acids is 2. The van der Waals surface area contributed by atoms with E-state index in [4.69, 9.17) is 4.74 Å². The molecule has 5 aliphatic rings. The average Bonchev–Trinajstić information content (AvgIpc) is 3.35. The predicted octanol–water partition coefficient (Wildman–Crippen LogP) is 8.89. The number of fused-ring (bicyclic) bond motifs is 2. The van der Waals surface area contributed by atoms with Crippen molar-refractivity contribution in [2.24, 2.45) is 23.2 Å². The number of aryl methyl sites for hydroxylation is 1. The van der Waals surface area contributed by atoms with E-state index in [0.717, 1.165) is 47.5 Å². The lowest BCUT2D eigenvalue weighted by Gasteiger charge is -2.64. The number of anilines is 2. The molecular formula is C52H64F3N5O7S3. The second-order valence-electron chi connectivity index (χ2n) is 19.8. The highest BCUT2D eigenvalue weighted by atomic mass is 32.2. The summed E-state index contributed by atoms with van der Waals surface area (Å²) in [5, 5.41) is 3.00. The highest BCUT2D eigenvalue weighted by Gasteiger charge is 2.58. The van der Waals surface area contributed by atoms with Crippen LogP contribution in [0.15, 0.2) is 118 Å². The molecule has 3 aliphatic carbocycles. The summed E-state index contributed by atoms with van der Waals surface area (Å²) in [5.41, 5.74) is -3.95. The second-order valence-corrected chi connectivity index (χ2v) is 24.5. The van der Waals surface area contributed by atoms with Gasteiger partial charge in [0, 0.05) is 79.2 Å². The van der Waals surface area contributed by atoms with Crippen molar-refractivity contribution in [2.45, 2.75) is 104 Å². The van der Waals surface area contributed by atoms with Crippen molar-refractivity contribution < 1.29 is 44.3 Å². The van der Waals surface area contributed by atoms with Crippen LogP contribution in [0.1, 0.15) is 75.2 Å². The predicted molar refractivity (Wildman–Crippen MR) is 267 cm³/mol. The number of morpholine rings is 1. The maximum Gasteiger partial charge on any atom is 0.501 e. The van der Waals surface area contributed by atoms with Gasteiger partial charge in [0.25, 0.3) is 25.8 Å². The molecule has 2 heterocycles. The maximum atomic E-state index is 14.2. The molecule has 378 valence electrons. The van der Waals surface area contributed by atoms with Gasteiger partial charge in [-0.2, -0.15) is 13.2 Å². The molecule has 70 heavy (non-hydrogen) atoms. The van der Waals surface area contributed by atoms with E-state index in [-0.39, 0.29) is 29.0 Å². The Morgan fingerprint density at radius 1 is 0.871 bits per heavy atom. The molecule has 0 spiro atoms. The fourth-order valence-electron chi connectivity index (χ4n) is 11.1. The summed E-state index contributed by atoms with van der Waals surface area (Å²) in [6.07, 6.45) is 5.35. The Morgan fingerprint density at radius 2 is 1.53 bits per heavy atom. The third-order valence-electron chi connectivity index (χ3n) is 15.3. The zero-order chi connectivity index (χ0) is 49.8. The second kappa shape index (κ2) is 21.6. The third kappa shape index (κ3) is 11.7. The first-order valence-electron chi connectivity index (χ1n) is 24.3. The first kappa shape index (κ1) is 51.7. The highest BCUT2D eigenvalue weighted by molar-refractivity contribution is 7.99. The van der Waals surface area contributed by atoms with Gasteiger partial charge in [-0.25, -0.2) is 21.6 Å². The fraction of sp³-hybridized carbons (Fsp3) is 0.500. The maximum absolute atomic E-state index is 14.2. The topological polar surface area (TPSA) is 145 Å². The van der Waals surface area contributed by atoms with E-state index in [1.165, 1.54) is 30.3 Å². The van der Waals surface area contributed by atoms with Crippen molar-refractivity contribution in [3.63, 3.8) is 0 Å². The molecule has 4 aromatic rings. The molecule has 5 atom stereocenters. The molecule has 2 aliphatic heterocycles. The number of alkyl halides is 3. The van der Waals surface area contributed by atoms with Gasteiger partial charge in [0.05, 0.1) is 23.8 Å². The first-order chi connectivity index (χ1) is 33.3. The Kier molecular flexibility index (Phi) is 16.0. The van der Waals surface area contributed by atoms with Gasteiger partial charge in [-0.05, 0) is 122 Å². The zero-order valence-electron chi connectivity index (χ0n) is 39.9. The van der Waals surface area contributed by atoms with Crippen LogP contribution in [0.5, 0.6) is 0 Å². The minimum Gasteiger partial charge on any atom is -0.380 e. The molecule has 2 N–H and O–H groups in total. The van der Waals surface area contributed by atoms with Gasteiger partial charge in [-0.3, -0.25) is 14.5 Å². The smallest absolute Gasteiger partial charge is 0.380 e. The van der Waals surface area contributed by atoms with Crippen molar-refractivity contribution >= 4 is 54.8 Å². The number of sulfone groups is 1. The minimum atomic E-state index is -6.07. The van der Waals surface area contributed by atoms with Crippen LogP contribution in [0.25, 0.3) is 0 Å². The van der Waals surface area contributed by atoms with Crippen LogP contribution in [0.2, 0.25) is 0 Å². The van der Waals surface area contributed by atoms with Gasteiger partial charge in [0.2, 0.25) is 5.91 Å². The Labute approximate surface area is 415 Å². The summed E-state index contributed by atoms with van der Waals surface area (Å²) in [4.78, 5) is 33.1. The Bertz CT molecular complexity index is 2660. The van der Waals surface area contributed by atoms with E-state index in [1.807, 2.05) is 53.3 Å². The monoisotopic (exact) mass is 1020 g/mol. The van der Waals surface area contributed by atoms with Gasteiger partial charge in [0.15, 0.2) is 0 Å². The largest absolute Gasteiger partial charge is 0.501 e. The van der Waals surface area contributed by atoms with Crippen LogP contribution in [0, 0.1) is 23.2 Å². The molecule has 2 bridgehead atoms. The molecule has 9 rings (SSSR count).